The summed E-state index contributed by atoms with van der Waals surface area (Å²) in [5, 5.41) is 1.09. The number of hydrogen-bond donors (Lipinski definition) is 0. The summed E-state index contributed by atoms with van der Waals surface area (Å²) in [6.07, 6.45) is 1.44. The summed E-state index contributed by atoms with van der Waals surface area (Å²) in [5.74, 6) is -0.112. The van der Waals surface area contributed by atoms with E-state index in [2.05, 4.69) is 0 Å². The van der Waals surface area contributed by atoms with Crippen molar-refractivity contribution >= 4 is 33.0 Å². The summed E-state index contributed by atoms with van der Waals surface area (Å²) in [5.41, 5.74) is 1.90. The summed E-state index contributed by atoms with van der Waals surface area (Å²) in [7, 11) is -3.43. The second kappa shape index (κ2) is 5.80. The highest BCUT2D eigenvalue weighted by atomic mass is 35.5. The highest BCUT2D eigenvalue weighted by Crippen LogP contribution is 2.54. The summed E-state index contributed by atoms with van der Waals surface area (Å²) in [6, 6.07) is 12.3. The first-order chi connectivity index (χ1) is 10.8. The molecule has 2 aromatic carbocycles. The Morgan fingerprint density at radius 3 is 2.26 bits per heavy atom. The molecular formula is C18H18Cl2O2S. The van der Waals surface area contributed by atoms with Crippen molar-refractivity contribution in [2.24, 2.45) is 0 Å². The number of hydrogen-bond acceptors (Lipinski definition) is 2. The summed E-state index contributed by atoms with van der Waals surface area (Å²) in [4.78, 5) is 0.375. The summed E-state index contributed by atoms with van der Waals surface area (Å²) in [6.45, 7) is 3.76. The minimum absolute atomic E-state index is 0.112. The maximum Gasteiger partial charge on any atom is 0.184 e. The van der Waals surface area contributed by atoms with Gasteiger partial charge < -0.3 is 0 Å². The highest BCUT2D eigenvalue weighted by Gasteiger charge is 2.54. The van der Waals surface area contributed by atoms with Crippen molar-refractivity contribution in [3.05, 3.63) is 63.6 Å². The molecule has 5 heteroatoms. The first-order valence-corrected chi connectivity index (χ1v) is 9.76. The van der Waals surface area contributed by atoms with Crippen LogP contribution in [0.2, 0.25) is 10.0 Å². The Hall–Kier alpha value is -1.03. The lowest BCUT2D eigenvalue weighted by atomic mass is 9.70. The standard InChI is InChI=1S/C18H18Cl2O2S/c1-12-3-6-14(7-4-12)23(21,22)18(2)10-9-16(18)15-8-5-13(19)11-17(15)20/h3-8,11,16H,9-10H2,1-2H3. The smallest absolute Gasteiger partial charge is 0.184 e. The molecule has 0 bridgehead atoms. The second-order valence-electron chi connectivity index (χ2n) is 6.39. The van der Waals surface area contributed by atoms with Crippen LogP contribution in [-0.2, 0) is 9.84 Å². The van der Waals surface area contributed by atoms with E-state index in [9.17, 15) is 8.42 Å². The minimum Gasteiger partial charge on any atom is -0.223 e. The molecule has 0 radical (unpaired) electrons. The molecule has 23 heavy (non-hydrogen) atoms. The van der Waals surface area contributed by atoms with Gasteiger partial charge >= 0.3 is 0 Å². The quantitative estimate of drug-likeness (QED) is 0.725. The molecule has 0 spiro atoms. The largest absolute Gasteiger partial charge is 0.223 e. The molecule has 2 aromatic rings. The molecule has 122 valence electrons. The van der Waals surface area contributed by atoms with Crippen molar-refractivity contribution in [2.45, 2.75) is 42.2 Å². The Morgan fingerprint density at radius 2 is 1.74 bits per heavy atom. The van der Waals surface area contributed by atoms with Gasteiger partial charge in [0.05, 0.1) is 9.64 Å². The lowest BCUT2D eigenvalue weighted by molar-refractivity contribution is 0.301. The average Bonchev–Trinajstić information content (AvgIpc) is 2.48. The molecule has 0 aliphatic heterocycles. The normalized spacial score (nSPS) is 24.3. The fraction of sp³-hybridized carbons (Fsp3) is 0.333. The van der Waals surface area contributed by atoms with Crippen LogP contribution in [0.15, 0.2) is 47.4 Å². The zero-order chi connectivity index (χ0) is 16.8. The van der Waals surface area contributed by atoms with Gasteiger partial charge in [-0.15, -0.1) is 0 Å². The van der Waals surface area contributed by atoms with E-state index < -0.39 is 14.6 Å². The Labute approximate surface area is 147 Å². The molecule has 1 fully saturated rings. The van der Waals surface area contributed by atoms with Gasteiger partial charge in [0.15, 0.2) is 9.84 Å². The van der Waals surface area contributed by atoms with Crippen LogP contribution in [0.4, 0.5) is 0 Å². The molecule has 0 heterocycles. The van der Waals surface area contributed by atoms with Crippen molar-refractivity contribution in [3.63, 3.8) is 0 Å². The summed E-state index contributed by atoms with van der Waals surface area (Å²) >= 11 is 12.3. The molecule has 1 saturated carbocycles. The molecule has 0 saturated heterocycles. The number of benzene rings is 2. The number of halogens is 2. The van der Waals surface area contributed by atoms with Gasteiger partial charge in [-0.25, -0.2) is 8.42 Å². The van der Waals surface area contributed by atoms with E-state index >= 15 is 0 Å². The zero-order valence-corrected chi connectivity index (χ0v) is 15.3. The van der Waals surface area contributed by atoms with Crippen LogP contribution in [0.3, 0.4) is 0 Å². The molecule has 2 unspecified atom stereocenters. The predicted molar refractivity (Wildman–Crippen MR) is 95.2 cm³/mol. The van der Waals surface area contributed by atoms with Gasteiger partial charge in [-0.1, -0.05) is 47.0 Å². The van der Waals surface area contributed by atoms with Crippen molar-refractivity contribution in [3.8, 4) is 0 Å². The van der Waals surface area contributed by atoms with E-state index in [1.165, 1.54) is 0 Å². The Bertz CT molecular complexity index is 844. The van der Waals surface area contributed by atoms with Crippen molar-refractivity contribution < 1.29 is 8.42 Å². The van der Waals surface area contributed by atoms with Crippen LogP contribution in [0.25, 0.3) is 0 Å². The topological polar surface area (TPSA) is 34.1 Å². The van der Waals surface area contributed by atoms with E-state index in [0.29, 0.717) is 21.4 Å². The highest BCUT2D eigenvalue weighted by molar-refractivity contribution is 7.93. The molecule has 2 nitrogen and oxygen atoms in total. The van der Waals surface area contributed by atoms with Crippen molar-refractivity contribution in [1.82, 2.24) is 0 Å². The molecule has 2 atom stereocenters. The first kappa shape index (κ1) is 16.8. The SMILES string of the molecule is Cc1ccc(S(=O)(=O)C2(C)CCC2c2ccc(Cl)cc2Cl)cc1. The minimum atomic E-state index is -3.43. The third-order valence-electron chi connectivity index (χ3n) is 4.95. The fourth-order valence-electron chi connectivity index (χ4n) is 3.27. The van der Waals surface area contributed by atoms with Gasteiger partial charge in [0.25, 0.3) is 0 Å². The van der Waals surface area contributed by atoms with Crippen LogP contribution in [-0.4, -0.2) is 13.2 Å². The third-order valence-corrected chi connectivity index (χ3v) is 8.12. The number of sulfone groups is 1. The van der Waals surface area contributed by atoms with E-state index in [4.69, 9.17) is 23.2 Å². The average molecular weight is 369 g/mol. The van der Waals surface area contributed by atoms with Crippen LogP contribution < -0.4 is 0 Å². The van der Waals surface area contributed by atoms with Gasteiger partial charge in [-0.2, -0.15) is 0 Å². The van der Waals surface area contributed by atoms with Crippen LogP contribution >= 0.6 is 23.2 Å². The molecular weight excluding hydrogens is 351 g/mol. The summed E-state index contributed by atoms with van der Waals surface area (Å²) < 4.78 is 25.4. The van der Waals surface area contributed by atoms with Gasteiger partial charge in [-0.3, -0.25) is 0 Å². The van der Waals surface area contributed by atoms with E-state index in [0.717, 1.165) is 17.5 Å². The van der Waals surface area contributed by atoms with E-state index in [1.807, 2.05) is 32.0 Å². The molecule has 3 rings (SSSR count). The molecule has 1 aliphatic rings. The Balaban J connectivity index is 2.02. The molecule has 1 aliphatic carbocycles. The van der Waals surface area contributed by atoms with Crippen LogP contribution in [0, 0.1) is 6.92 Å². The molecule has 0 amide bonds. The van der Waals surface area contributed by atoms with Crippen molar-refractivity contribution in [1.29, 1.82) is 0 Å². The number of aryl methyl sites for hydroxylation is 1. The predicted octanol–water partition coefficient (Wildman–Crippen LogP) is 5.41. The number of rotatable bonds is 3. The van der Waals surface area contributed by atoms with Crippen LogP contribution in [0.1, 0.15) is 36.8 Å². The van der Waals surface area contributed by atoms with Crippen molar-refractivity contribution in [2.75, 3.05) is 0 Å². The second-order valence-corrected chi connectivity index (χ2v) is 9.64. The first-order valence-electron chi connectivity index (χ1n) is 7.52. The fourth-order valence-corrected chi connectivity index (χ4v) is 5.85. The van der Waals surface area contributed by atoms with Gasteiger partial charge in [-0.05, 0) is 56.5 Å². The molecule has 0 N–H and O–H groups in total. The van der Waals surface area contributed by atoms with E-state index in [-0.39, 0.29) is 5.92 Å². The van der Waals surface area contributed by atoms with Gasteiger partial charge in [0.1, 0.15) is 0 Å². The maximum absolute atomic E-state index is 13.1. The zero-order valence-electron chi connectivity index (χ0n) is 13.0. The van der Waals surface area contributed by atoms with Gasteiger partial charge in [0.2, 0.25) is 0 Å². The van der Waals surface area contributed by atoms with Gasteiger partial charge in [0, 0.05) is 16.0 Å². The lowest BCUT2D eigenvalue weighted by Crippen LogP contribution is -2.49. The Kier molecular flexibility index (Phi) is 4.24. The van der Waals surface area contributed by atoms with Crippen LogP contribution in [0.5, 0.6) is 0 Å². The third kappa shape index (κ3) is 2.69. The maximum atomic E-state index is 13.1. The Morgan fingerprint density at radius 1 is 1.09 bits per heavy atom. The lowest BCUT2D eigenvalue weighted by Gasteiger charge is -2.46. The van der Waals surface area contributed by atoms with E-state index in [1.54, 1.807) is 24.3 Å². The monoisotopic (exact) mass is 368 g/mol. The molecule has 0 aromatic heterocycles.